The van der Waals surface area contributed by atoms with Crippen LogP contribution >= 0.6 is 0 Å². The van der Waals surface area contributed by atoms with Crippen molar-refractivity contribution in [1.82, 2.24) is 15.1 Å². The standard InChI is InChI=1S/C25H28N4O2/c30-25(12-11-22-17-26-29(19-22)18-21-7-3-1-4-8-21)27-24(23-9-5-2-6-10-23)20-28-13-15-31-16-14-28/h1-12,17,19,24H,13-16,18,20H2,(H,27,30)/p+1/b12-11+/t24-/m1/s1. The summed E-state index contributed by atoms with van der Waals surface area (Å²) in [7, 11) is 0. The third-order valence-corrected chi connectivity index (χ3v) is 5.48. The summed E-state index contributed by atoms with van der Waals surface area (Å²) in [4.78, 5) is 14.1. The van der Waals surface area contributed by atoms with Gasteiger partial charge in [-0.1, -0.05) is 60.7 Å². The highest BCUT2D eigenvalue weighted by Crippen LogP contribution is 2.11. The second-order valence-corrected chi connectivity index (χ2v) is 7.83. The molecule has 1 fully saturated rings. The molecule has 1 saturated heterocycles. The lowest BCUT2D eigenvalue weighted by atomic mass is 10.1. The molecule has 0 spiro atoms. The van der Waals surface area contributed by atoms with Crippen LogP contribution in [0.2, 0.25) is 0 Å². The van der Waals surface area contributed by atoms with Crippen molar-refractivity contribution in [1.29, 1.82) is 0 Å². The zero-order valence-corrected chi connectivity index (χ0v) is 17.6. The van der Waals surface area contributed by atoms with Gasteiger partial charge >= 0.3 is 0 Å². The predicted molar refractivity (Wildman–Crippen MR) is 121 cm³/mol. The molecule has 4 rings (SSSR count). The molecule has 2 N–H and O–H groups in total. The average molecular weight is 418 g/mol. The smallest absolute Gasteiger partial charge is 0.244 e. The highest BCUT2D eigenvalue weighted by molar-refractivity contribution is 5.91. The molecule has 1 amide bonds. The Morgan fingerprint density at radius 3 is 2.55 bits per heavy atom. The molecule has 31 heavy (non-hydrogen) atoms. The zero-order chi connectivity index (χ0) is 21.3. The van der Waals surface area contributed by atoms with E-state index in [1.165, 1.54) is 10.5 Å². The number of aromatic nitrogens is 2. The first-order valence-corrected chi connectivity index (χ1v) is 10.8. The van der Waals surface area contributed by atoms with E-state index in [1.807, 2.05) is 53.4 Å². The summed E-state index contributed by atoms with van der Waals surface area (Å²) in [6, 6.07) is 20.3. The SMILES string of the molecule is O=C(/C=C/c1cnn(Cc2ccccc2)c1)N[C@H](C[NH+]1CCOCC1)c1ccccc1. The monoisotopic (exact) mass is 417 g/mol. The van der Waals surface area contributed by atoms with E-state index in [9.17, 15) is 4.79 Å². The molecule has 3 aromatic rings. The van der Waals surface area contributed by atoms with Crippen LogP contribution in [0.4, 0.5) is 0 Å². The number of rotatable bonds is 8. The number of amides is 1. The van der Waals surface area contributed by atoms with Crippen molar-refractivity contribution >= 4 is 12.0 Å². The largest absolute Gasteiger partial charge is 0.370 e. The molecular formula is C25H29N4O2+. The van der Waals surface area contributed by atoms with E-state index >= 15 is 0 Å². The van der Waals surface area contributed by atoms with Gasteiger partial charge in [-0.2, -0.15) is 5.10 Å². The summed E-state index contributed by atoms with van der Waals surface area (Å²) >= 11 is 0. The molecule has 6 heteroatoms. The van der Waals surface area contributed by atoms with Gasteiger partial charge in [0.2, 0.25) is 5.91 Å². The number of hydrogen-bond acceptors (Lipinski definition) is 3. The van der Waals surface area contributed by atoms with Crippen LogP contribution in [0.15, 0.2) is 79.1 Å². The average Bonchev–Trinajstić information content (AvgIpc) is 3.26. The molecule has 6 nitrogen and oxygen atoms in total. The van der Waals surface area contributed by atoms with Crippen molar-refractivity contribution in [3.05, 3.63) is 95.8 Å². The summed E-state index contributed by atoms with van der Waals surface area (Å²) in [5, 5.41) is 7.58. The highest BCUT2D eigenvalue weighted by Gasteiger charge is 2.22. The van der Waals surface area contributed by atoms with E-state index in [2.05, 4.69) is 34.7 Å². The fraction of sp³-hybridized carbons (Fsp3) is 0.280. The van der Waals surface area contributed by atoms with Crippen molar-refractivity contribution < 1.29 is 14.4 Å². The van der Waals surface area contributed by atoms with Crippen molar-refractivity contribution in [2.45, 2.75) is 12.6 Å². The fourth-order valence-electron chi connectivity index (χ4n) is 3.80. The number of benzene rings is 2. The Morgan fingerprint density at radius 2 is 1.81 bits per heavy atom. The first-order chi connectivity index (χ1) is 15.3. The van der Waals surface area contributed by atoms with E-state index < -0.39 is 0 Å². The van der Waals surface area contributed by atoms with Crippen molar-refractivity contribution in [3.63, 3.8) is 0 Å². The summed E-state index contributed by atoms with van der Waals surface area (Å²) in [5.41, 5.74) is 3.22. The first-order valence-electron chi connectivity index (χ1n) is 10.8. The number of carbonyl (C=O) groups excluding carboxylic acids is 1. The Bertz CT molecular complexity index is 979. The van der Waals surface area contributed by atoms with Crippen LogP contribution in [0, 0.1) is 0 Å². The van der Waals surface area contributed by atoms with E-state index in [1.54, 1.807) is 12.3 Å². The third-order valence-electron chi connectivity index (χ3n) is 5.48. The van der Waals surface area contributed by atoms with Gasteiger partial charge in [0.25, 0.3) is 0 Å². The van der Waals surface area contributed by atoms with E-state index in [0.29, 0.717) is 6.54 Å². The molecule has 0 radical (unpaired) electrons. The highest BCUT2D eigenvalue weighted by atomic mass is 16.5. The fourth-order valence-corrected chi connectivity index (χ4v) is 3.80. The van der Waals surface area contributed by atoms with Gasteiger partial charge in [-0.05, 0) is 17.2 Å². The van der Waals surface area contributed by atoms with E-state index in [4.69, 9.17) is 4.74 Å². The maximum absolute atomic E-state index is 12.7. The maximum atomic E-state index is 12.7. The maximum Gasteiger partial charge on any atom is 0.244 e. The molecule has 160 valence electrons. The number of carbonyl (C=O) groups is 1. The van der Waals surface area contributed by atoms with Crippen LogP contribution in [-0.4, -0.2) is 48.5 Å². The summed E-state index contributed by atoms with van der Waals surface area (Å²) < 4.78 is 7.34. The van der Waals surface area contributed by atoms with Gasteiger partial charge < -0.3 is 15.0 Å². The number of quaternary nitrogens is 1. The predicted octanol–water partition coefficient (Wildman–Crippen LogP) is 1.72. The van der Waals surface area contributed by atoms with E-state index in [-0.39, 0.29) is 11.9 Å². The molecule has 1 aliphatic rings. The van der Waals surface area contributed by atoms with Gasteiger partial charge in [0.1, 0.15) is 25.7 Å². The lowest BCUT2D eigenvalue weighted by Crippen LogP contribution is -3.14. The molecule has 1 aromatic heterocycles. The minimum atomic E-state index is -0.0997. The van der Waals surface area contributed by atoms with Crippen LogP contribution < -0.4 is 10.2 Å². The van der Waals surface area contributed by atoms with Crippen molar-refractivity contribution in [3.8, 4) is 0 Å². The normalized spacial score (nSPS) is 15.7. The van der Waals surface area contributed by atoms with Crippen LogP contribution in [0.25, 0.3) is 6.08 Å². The van der Waals surface area contributed by atoms with Gasteiger partial charge in [0.15, 0.2) is 0 Å². The van der Waals surface area contributed by atoms with Crippen LogP contribution in [0.5, 0.6) is 0 Å². The van der Waals surface area contributed by atoms with Gasteiger partial charge in [0, 0.05) is 17.8 Å². The Kier molecular flexibility index (Phi) is 7.26. The molecule has 1 aliphatic heterocycles. The second-order valence-electron chi connectivity index (χ2n) is 7.83. The Labute approximate surface area is 183 Å². The van der Waals surface area contributed by atoms with Gasteiger partial charge in [-0.15, -0.1) is 0 Å². The van der Waals surface area contributed by atoms with Crippen LogP contribution in [0.3, 0.4) is 0 Å². The summed E-state index contributed by atoms with van der Waals surface area (Å²) in [6.07, 6.45) is 7.13. The van der Waals surface area contributed by atoms with Crippen molar-refractivity contribution in [2.24, 2.45) is 0 Å². The quantitative estimate of drug-likeness (QED) is 0.549. The van der Waals surface area contributed by atoms with Crippen LogP contribution in [-0.2, 0) is 16.1 Å². The topological polar surface area (TPSA) is 60.6 Å². The van der Waals surface area contributed by atoms with Crippen LogP contribution in [0.1, 0.15) is 22.7 Å². The molecule has 0 bridgehead atoms. The third kappa shape index (κ3) is 6.38. The summed E-state index contributed by atoms with van der Waals surface area (Å²) in [5.74, 6) is -0.0997. The Hall–Kier alpha value is -3.22. The Balaban J connectivity index is 1.37. The molecule has 0 aliphatic carbocycles. The zero-order valence-electron chi connectivity index (χ0n) is 17.6. The number of ether oxygens (including phenoxy) is 1. The molecule has 2 heterocycles. The minimum absolute atomic E-state index is 0.0350. The first kappa shape index (κ1) is 21.0. The number of hydrogen-bond donors (Lipinski definition) is 2. The van der Waals surface area contributed by atoms with Gasteiger partial charge in [-0.25, -0.2) is 0 Å². The lowest BCUT2D eigenvalue weighted by Gasteiger charge is -2.28. The number of nitrogens with one attached hydrogen (secondary N) is 2. The molecule has 2 aromatic carbocycles. The van der Waals surface area contributed by atoms with Gasteiger partial charge in [0.05, 0.1) is 26.0 Å². The Morgan fingerprint density at radius 1 is 1.10 bits per heavy atom. The summed E-state index contributed by atoms with van der Waals surface area (Å²) in [6.45, 7) is 5.04. The molecule has 0 unspecified atom stereocenters. The lowest BCUT2D eigenvalue weighted by molar-refractivity contribution is -0.909. The molecule has 0 saturated carbocycles. The van der Waals surface area contributed by atoms with Crippen molar-refractivity contribution in [2.75, 3.05) is 32.8 Å². The number of nitrogens with zero attached hydrogens (tertiary/aromatic N) is 2. The molecule has 1 atom stereocenters. The number of morpholine rings is 1. The molecular weight excluding hydrogens is 388 g/mol. The van der Waals surface area contributed by atoms with Gasteiger partial charge in [-0.3, -0.25) is 9.48 Å². The van der Waals surface area contributed by atoms with E-state index in [0.717, 1.165) is 44.0 Å². The minimum Gasteiger partial charge on any atom is -0.370 e. The second kappa shape index (κ2) is 10.7.